The number of rotatable bonds is 6. The Morgan fingerprint density at radius 1 is 1.13 bits per heavy atom. The molecule has 1 unspecified atom stereocenters. The van der Waals surface area contributed by atoms with Crippen molar-refractivity contribution in [1.82, 2.24) is 14.2 Å². The first kappa shape index (κ1) is 21.9. The van der Waals surface area contributed by atoms with E-state index >= 15 is 0 Å². The molecule has 0 spiro atoms. The Labute approximate surface area is 185 Å². The third-order valence-electron chi connectivity index (χ3n) is 5.84. The lowest BCUT2D eigenvalue weighted by Gasteiger charge is -2.30. The topological polar surface area (TPSA) is 96.9 Å². The van der Waals surface area contributed by atoms with Crippen molar-refractivity contribution in [2.24, 2.45) is 5.92 Å². The lowest BCUT2D eigenvalue weighted by molar-refractivity contribution is -0.156. The Hall–Kier alpha value is -2.30. The molecule has 1 atom stereocenters. The fourth-order valence-corrected chi connectivity index (χ4v) is 6.46. The Bertz CT molecular complexity index is 1000. The molecule has 0 saturated carbocycles. The Balaban J connectivity index is 1.27. The molecular formula is C21H25N3O5S2. The van der Waals surface area contributed by atoms with Gasteiger partial charge in [-0.05, 0) is 49.3 Å². The summed E-state index contributed by atoms with van der Waals surface area (Å²) in [5, 5.41) is 2.00. The molecule has 2 aromatic rings. The minimum atomic E-state index is -3.62. The van der Waals surface area contributed by atoms with E-state index in [0.717, 1.165) is 17.7 Å². The highest BCUT2D eigenvalue weighted by atomic mass is 32.2. The Morgan fingerprint density at radius 2 is 1.94 bits per heavy atom. The zero-order chi connectivity index (χ0) is 21.8. The highest BCUT2D eigenvalue weighted by Gasteiger charge is 2.34. The van der Waals surface area contributed by atoms with Crippen LogP contribution >= 0.6 is 11.3 Å². The number of hydrogen-bond donors (Lipinski definition) is 0. The molecule has 1 amide bonds. The molecule has 10 heteroatoms. The van der Waals surface area contributed by atoms with E-state index in [2.05, 4.69) is 4.98 Å². The van der Waals surface area contributed by atoms with E-state index in [1.807, 2.05) is 17.5 Å². The highest BCUT2D eigenvalue weighted by molar-refractivity contribution is 7.89. The number of nitrogens with zero attached hydrogens (tertiary/aromatic N) is 3. The van der Waals surface area contributed by atoms with Gasteiger partial charge in [0.25, 0.3) is 5.91 Å². The van der Waals surface area contributed by atoms with Crippen molar-refractivity contribution in [1.29, 1.82) is 0 Å². The molecule has 2 saturated heterocycles. The summed E-state index contributed by atoms with van der Waals surface area (Å²) in [4.78, 5) is 32.1. The summed E-state index contributed by atoms with van der Waals surface area (Å²) in [5.41, 5.74) is 0. The molecule has 2 fully saturated rings. The number of likely N-dealkylation sites (tertiary alicyclic amines) is 1. The number of sulfonamides is 1. The summed E-state index contributed by atoms with van der Waals surface area (Å²) in [5.74, 6) is -1.01. The van der Waals surface area contributed by atoms with Gasteiger partial charge >= 0.3 is 5.97 Å². The number of ether oxygens (including phenoxy) is 1. The molecule has 4 heterocycles. The van der Waals surface area contributed by atoms with E-state index in [0.29, 0.717) is 19.4 Å². The standard InChI is InChI=1S/C21H25N3O5S2/c25-20(24-10-2-5-18(24)19-6-3-13-30-19)15-29-21(26)16-7-11-23(12-8-16)31(27,28)17-4-1-9-22-14-17/h1,3-4,6,9,13-14,16,18H,2,5,7-8,10-12,15H2. The first-order valence-electron chi connectivity index (χ1n) is 10.4. The van der Waals surface area contributed by atoms with Gasteiger partial charge in [-0.3, -0.25) is 14.6 Å². The van der Waals surface area contributed by atoms with E-state index in [-0.39, 0.29) is 36.5 Å². The van der Waals surface area contributed by atoms with Crippen LogP contribution in [0.2, 0.25) is 0 Å². The predicted molar refractivity (Wildman–Crippen MR) is 115 cm³/mol. The van der Waals surface area contributed by atoms with E-state index in [4.69, 9.17) is 4.74 Å². The van der Waals surface area contributed by atoms with Gasteiger partial charge < -0.3 is 9.64 Å². The van der Waals surface area contributed by atoms with Gasteiger partial charge in [0.15, 0.2) is 6.61 Å². The number of pyridine rings is 1. The van der Waals surface area contributed by atoms with E-state index < -0.39 is 21.9 Å². The second-order valence-corrected chi connectivity index (χ2v) is 10.7. The lowest BCUT2D eigenvalue weighted by Crippen LogP contribution is -2.41. The zero-order valence-electron chi connectivity index (χ0n) is 17.1. The molecule has 0 aromatic carbocycles. The van der Waals surface area contributed by atoms with Gasteiger partial charge in [-0.25, -0.2) is 8.42 Å². The molecule has 2 aromatic heterocycles. The molecule has 0 radical (unpaired) electrons. The van der Waals surface area contributed by atoms with Crippen molar-refractivity contribution in [3.8, 4) is 0 Å². The largest absolute Gasteiger partial charge is 0.455 e. The van der Waals surface area contributed by atoms with Crippen LogP contribution in [0.25, 0.3) is 0 Å². The van der Waals surface area contributed by atoms with E-state index in [9.17, 15) is 18.0 Å². The maximum absolute atomic E-state index is 12.7. The second kappa shape index (κ2) is 9.46. The summed E-state index contributed by atoms with van der Waals surface area (Å²) >= 11 is 1.63. The Kier molecular flexibility index (Phi) is 6.68. The lowest BCUT2D eigenvalue weighted by atomic mass is 9.98. The fraction of sp³-hybridized carbons (Fsp3) is 0.476. The van der Waals surface area contributed by atoms with Gasteiger partial charge in [0.1, 0.15) is 4.90 Å². The molecule has 0 N–H and O–H groups in total. The zero-order valence-corrected chi connectivity index (χ0v) is 18.7. The number of carbonyl (C=O) groups is 2. The van der Waals surface area contributed by atoms with Crippen molar-refractivity contribution in [3.05, 3.63) is 46.9 Å². The van der Waals surface area contributed by atoms with Crippen molar-refractivity contribution >= 4 is 33.2 Å². The van der Waals surface area contributed by atoms with Gasteiger partial charge in [-0.2, -0.15) is 4.31 Å². The average Bonchev–Trinajstić information content (AvgIpc) is 3.49. The van der Waals surface area contributed by atoms with Crippen molar-refractivity contribution in [2.75, 3.05) is 26.2 Å². The van der Waals surface area contributed by atoms with Crippen LogP contribution in [0.3, 0.4) is 0 Å². The Morgan fingerprint density at radius 3 is 2.61 bits per heavy atom. The number of carbonyl (C=O) groups excluding carboxylic acids is 2. The number of esters is 1. The van der Waals surface area contributed by atoms with Gasteiger partial charge in [0.2, 0.25) is 10.0 Å². The molecule has 2 aliphatic heterocycles. The molecule has 4 rings (SSSR count). The number of aromatic nitrogens is 1. The summed E-state index contributed by atoms with van der Waals surface area (Å²) in [6, 6.07) is 7.16. The molecule has 2 aliphatic rings. The van der Waals surface area contributed by atoms with Crippen molar-refractivity contribution in [2.45, 2.75) is 36.6 Å². The molecule has 0 bridgehead atoms. The summed E-state index contributed by atoms with van der Waals surface area (Å²) in [6.45, 7) is 0.869. The number of piperidine rings is 1. The first-order chi connectivity index (χ1) is 15.0. The van der Waals surface area contributed by atoms with Gasteiger partial charge in [0.05, 0.1) is 12.0 Å². The SMILES string of the molecule is O=C(OCC(=O)N1CCCC1c1cccs1)C1CCN(S(=O)(=O)c2cccnc2)CC1. The van der Waals surface area contributed by atoms with Crippen LogP contribution in [-0.2, 0) is 24.3 Å². The van der Waals surface area contributed by atoms with Crippen molar-refractivity contribution < 1.29 is 22.7 Å². The number of amides is 1. The highest BCUT2D eigenvalue weighted by Crippen LogP contribution is 2.34. The van der Waals surface area contributed by atoms with Gasteiger partial charge in [0, 0.05) is 36.9 Å². The van der Waals surface area contributed by atoms with Crippen LogP contribution in [-0.4, -0.2) is 60.7 Å². The van der Waals surface area contributed by atoms with Crippen LogP contribution < -0.4 is 0 Å². The summed E-state index contributed by atoms with van der Waals surface area (Å²) in [7, 11) is -3.62. The smallest absolute Gasteiger partial charge is 0.309 e. The molecule has 31 heavy (non-hydrogen) atoms. The third-order valence-corrected chi connectivity index (χ3v) is 8.70. The quantitative estimate of drug-likeness (QED) is 0.611. The monoisotopic (exact) mass is 463 g/mol. The molecule has 8 nitrogen and oxygen atoms in total. The van der Waals surface area contributed by atoms with Crippen molar-refractivity contribution in [3.63, 3.8) is 0 Å². The molecule has 0 aliphatic carbocycles. The van der Waals surface area contributed by atoms with Crippen LogP contribution in [0.1, 0.15) is 36.6 Å². The van der Waals surface area contributed by atoms with Crippen LogP contribution in [0.15, 0.2) is 46.9 Å². The average molecular weight is 464 g/mol. The second-order valence-electron chi connectivity index (χ2n) is 7.74. The maximum Gasteiger partial charge on any atom is 0.309 e. The van der Waals surface area contributed by atoms with Crippen LogP contribution in [0.4, 0.5) is 0 Å². The minimum absolute atomic E-state index is 0.0622. The summed E-state index contributed by atoms with van der Waals surface area (Å²) < 4.78 is 32.0. The van der Waals surface area contributed by atoms with Crippen LogP contribution in [0.5, 0.6) is 0 Å². The fourth-order valence-electron chi connectivity index (χ4n) is 4.16. The molecular weight excluding hydrogens is 438 g/mol. The van der Waals surface area contributed by atoms with Gasteiger partial charge in [-0.1, -0.05) is 6.07 Å². The van der Waals surface area contributed by atoms with E-state index in [1.165, 1.54) is 22.8 Å². The third kappa shape index (κ3) is 4.81. The summed E-state index contributed by atoms with van der Waals surface area (Å²) in [6.07, 6.45) is 5.44. The number of hydrogen-bond acceptors (Lipinski definition) is 7. The van der Waals surface area contributed by atoms with Gasteiger partial charge in [-0.15, -0.1) is 11.3 Å². The minimum Gasteiger partial charge on any atom is -0.455 e. The van der Waals surface area contributed by atoms with E-state index in [1.54, 1.807) is 22.3 Å². The predicted octanol–water partition coefficient (Wildman–Crippen LogP) is 2.45. The number of thiophene rings is 1. The maximum atomic E-state index is 12.7. The normalized spacial score (nSPS) is 20.6. The first-order valence-corrected chi connectivity index (χ1v) is 12.7. The molecule has 166 valence electrons. The van der Waals surface area contributed by atoms with Crippen LogP contribution in [0, 0.1) is 5.92 Å².